The summed E-state index contributed by atoms with van der Waals surface area (Å²) in [5, 5.41) is 1.34. The van der Waals surface area contributed by atoms with Crippen LogP contribution < -0.4 is 5.73 Å². The van der Waals surface area contributed by atoms with E-state index in [0.717, 1.165) is 26.1 Å². The zero-order valence-corrected chi connectivity index (χ0v) is 12.1. The molecule has 1 unspecified atom stereocenters. The fourth-order valence-electron chi connectivity index (χ4n) is 3.17. The summed E-state index contributed by atoms with van der Waals surface area (Å²) >= 11 is 0. The first-order valence-electron chi connectivity index (χ1n) is 7.18. The molecule has 3 nitrogen and oxygen atoms in total. The monoisotopic (exact) mass is 257 g/mol. The van der Waals surface area contributed by atoms with Crippen molar-refractivity contribution in [2.75, 3.05) is 7.05 Å². The van der Waals surface area contributed by atoms with E-state index in [2.05, 4.69) is 48.7 Å². The van der Waals surface area contributed by atoms with E-state index in [1.807, 2.05) is 0 Å². The van der Waals surface area contributed by atoms with Gasteiger partial charge in [-0.05, 0) is 49.2 Å². The Morgan fingerprint density at radius 1 is 1.26 bits per heavy atom. The molecule has 0 saturated heterocycles. The first-order chi connectivity index (χ1) is 9.10. The Balaban J connectivity index is 2.21. The third-order valence-corrected chi connectivity index (χ3v) is 4.07. The second-order valence-electron chi connectivity index (χ2n) is 5.88. The maximum atomic E-state index is 6.14. The number of fused-ring (bicyclic) bond motifs is 2. The molecule has 102 valence electrons. The van der Waals surface area contributed by atoms with E-state index in [9.17, 15) is 0 Å². The molecule has 1 aromatic carbocycles. The summed E-state index contributed by atoms with van der Waals surface area (Å²) in [7, 11) is 2.18. The van der Waals surface area contributed by atoms with E-state index in [-0.39, 0.29) is 6.04 Å². The average Bonchev–Trinajstić information content (AvgIpc) is 2.87. The van der Waals surface area contributed by atoms with Gasteiger partial charge in [0.1, 0.15) is 0 Å². The molecule has 2 N–H and O–H groups in total. The van der Waals surface area contributed by atoms with E-state index in [4.69, 9.17) is 5.73 Å². The van der Waals surface area contributed by atoms with Crippen molar-refractivity contribution in [2.24, 2.45) is 5.73 Å². The molecule has 0 spiro atoms. The fourth-order valence-corrected chi connectivity index (χ4v) is 3.17. The van der Waals surface area contributed by atoms with Crippen molar-refractivity contribution in [2.45, 2.75) is 45.9 Å². The lowest BCUT2D eigenvalue weighted by atomic mass is 10.0. The number of rotatable bonds is 3. The van der Waals surface area contributed by atoms with Gasteiger partial charge in [0.15, 0.2) is 0 Å². The zero-order chi connectivity index (χ0) is 13.6. The normalized spacial score (nSPS) is 17.1. The number of aromatic nitrogens is 1. The quantitative estimate of drug-likeness (QED) is 0.917. The molecule has 0 bridgehead atoms. The van der Waals surface area contributed by atoms with E-state index in [0.29, 0.717) is 0 Å². The highest BCUT2D eigenvalue weighted by atomic mass is 15.1. The molecule has 19 heavy (non-hydrogen) atoms. The number of nitrogens with zero attached hydrogens (tertiary/aromatic N) is 2. The maximum Gasteiger partial charge on any atom is 0.0487 e. The highest BCUT2D eigenvalue weighted by Gasteiger charge is 2.19. The number of nitrogens with two attached hydrogens (primary N) is 1. The summed E-state index contributed by atoms with van der Waals surface area (Å²) in [5.41, 5.74) is 11.7. The van der Waals surface area contributed by atoms with Crippen LogP contribution in [0.15, 0.2) is 18.3 Å². The second kappa shape index (κ2) is 4.66. The minimum Gasteiger partial charge on any atom is -0.347 e. The SMILES string of the molecule is CCCn1cc(C(C)N)c2cc3c(cc21)CN(C)C3. The third-order valence-electron chi connectivity index (χ3n) is 4.07. The van der Waals surface area contributed by atoms with Gasteiger partial charge in [0.2, 0.25) is 0 Å². The minimum atomic E-state index is 0.0952. The molecule has 0 amide bonds. The third kappa shape index (κ3) is 2.07. The summed E-state index contributed by atoms with van der Waals surface area (Å²) in [4.78, 5) is 2.36. The van der Waals surface area contributed by atoms with Gasteiger partial charge in [-0.2, -0.15) is 0 Å². The van der Waals surface area contributed by atoms with Gasteiger partial charge < -0.3 is 10.3 Å². The Morgan fingerprint density at radius 3 is 2.58 bits per heavy atom. The summed E-state index contributed by atoms with van der Waals surface area (Å²) in [6.45, 7) is 7.49. The van der Waals surface area contributed by atoms with Crippen molar-refractivity contribution in [3.05, 3.63) is 35.0 Å². The fraction of sp³-hybridized carbons (Fsp3) is 0.500. The number of hydrogen-bond acceptors (Lipinski definition) is 2. The molecule has 3 heteroatoms. The van der Waals surface area contributed by atoms with Crippen LogP contribution in [0.25, 0.3) is 10.9 Å². The van der Waals surface area contributed by atoms with Crippen LogP contribution in [-0.4, -0.2) is 16.5 Å². The van der Waals surface area contributed by atoms with Crippen LogP contribution in [0.1, 0.15) is 43.0 Å². The first kappa shape index (κ1) is 12.7. The van der Waals surface area contributed by atoms with Crippen molar-refractivity contribution >= 4 is 10.9 Å². The largest absolute Gasteiger partial charge is 0.347 e. The van der Waals surface area contributed by atoms with Crippen LogP contribution in [0, 0.1) is 0 Å². The molecule has 0 saturated carbocycles. The molecule has 0 radical (unpaired) electrons. The van der Waals surface area contributed by atoms with Crippen molar-refractivity contribution in [1.82, 2.24) is 9.47 Å². The first-order valence-corrected chi connectivity index (χ1v) is 7.18. The van der Waals surface area contributed by atoms with Crippen molar-refractivity contribution in [3.63, 3.8) is 0 Å². The summed E-state index contributed by atoms with van der Waals surface area (Å²) in [6.07, 6.45) is 3.40. The van der Waals surface area contributed by atoms with Crippen LogP contribution in [0.4, 0.5) is 0 Å². The van der Waals surface area contributed by atoms with Gasteiger partial charge in [0.25, 0.3) is 0 Å². The Kier molecular flexibility index (Phi) is 3.11. The molecule has 1 aromatic heterocycles. The number of aryl methyl sites for hydroxylation is 1. The Hall–Kier alpha value is -1.32. The van der Waals surface area contributed by atoms with E-state index < -0.39 is 0 Å². The van der Waals surface area contributed by atoms with Crippen molar-refractivity contribution in [3.8, 4) is 0 Å². The molecular formula is C16H23N3. The van der Waals surface area contributed by atoms with Crippen molar-refractivity contribution in [1.29, 1.82) is 0 Å². The summed E-state index contributed by atoms with van der Waals surface area (Å²) < 4.78 is 2.37. The molecule has 1 aliphatic rings. The highest BCUT2D eigenvalue weighted by Crippen LogP contribution is 2.32. The molecule has 2 aromatic rings. The molecule has 2 heterocycles. The van der Waals surface area contributed by atoms with Crippen LogP contribution in [0.2, 0.25) is 0 Å². The molecule has 0 aliphatic carbocycles. The van der Waals surface area contributed by atoms with Gasteiger partial charge >= 0.3 is 0 Å². The predicted molar refractivity (Wildman–Crippen MR) is 80.0 cm³/mol. The molecule has 3 rings (SSSR count). The van der Waals surface area contributed by atoms with Gasteiger partial charge in [0, 0.05) is 42.8 Å². The molecular weight excluding hydrogens is 234 g/mol. The van der Waals surface area contributed by atoms with Crippen LogP contribution in [-0.2, 0) is 19.6 Å². The standard InChI is InChI=1S/C16H23N3/c1-4-5-19-10-15(11(2)17)14-6-12-8-18(3)9-13(12)7-16(14)19/h6-7,10-11H,4-5,8-9,17H2,1-3H3. The summed E-state index contributed by atoms with van der Waals surface area (Å²) in [6, 6.07) is 4.83. The van der Waals surface area contributed by atoms with E-state index >= 15 is 0 Å². The Morgan fingerprint density at radius 2 is 1.95 bits per heavy atom. The maximum absolute atomic E-state index is 6.14. The zero-order valence-electron chi connectivity index (χ0n) is 12.1. The van der Waals surface area contributed by atoms with Gasteiger partial charge in [-0.3, -0.25) is 4.90 Å². The lowest BCUT2D eigenvalue weighted by Gasteiger charge is -2.05. The average molecular weight is 257 g/mol. The number of benzene rings is 1. The van der Waals surface area contributed by atoms with Gasteiger partial charge in [0.05, 0.1) is 0 Å². The topological polar surface area (TPSA) is 34.2 Å². The molecule has 0 fully saturated rings. The van der Waals surface area contributed by atoms with Crippen LogP contribution in [0.3, 0.4) is 0 Å². The van der Waals surface area contributed by atoms with Crippen LogP contribution in [0.5, 0.6) is 0 Å². The minimum absolute atomic E-state index is 0.0952. The van der Waals surface area contributed by atoms with Gasteiger partial charge in [-0.1, -0.05) is 6.92 Å². The van der Waals surface area contributed by atoms with E-state index in [1.165, 1.54) is 27.6 Å². The predicted octanol–water partition coefficient (Wildman–Crippen LogP) is 3.02. The van der Waals surface area contributed by atoms with Gasteiger partial charge in [-0.15, -0.1) is 0 Å². The lowest BCUT2D eigenvalue weighted by molar-refractivity contribution is 0.353. The molecule has 1 atom stereocenters. The summed E-state index contributed by atoms with van der Waals surface area (Å²) in [5.74, 6) is 0. The smallest absolute Gasteiger partial charge is 0.0487 e. The Bertz CT molecular complexity index is 610. The van der Waals surface area contributed by atoms with E-state index in [1.54, 1.807) is 0 Å². The molecule has 1 aliphatic heterocycles. The van der Waals surface area contributed by atoms with Crippen LogP contribution >= 0.6 is 0 Å². The Labute approximate surface area is 115 Å². The van der Waals surface area contributed by atoms with Gasteiger partial charge in [-0.25, -0.2) is 0 Å². The van der Waals surface area contributed by atoms with Crippen molar-refractivity contribution < 1.29 is 0 Å². The highest BCUT2D eigenvalue weighted by molar-refractivity contribution is 5.86. The lowest BCUT2D eigenvalue weighted by Crippen LogP contribution is -2.07. The number of hydrogen-bond donors (Lipinski definition) is 1. The second-order valence-corrected chi connectivity index (χ2v) is 5.88.